The van der Waals surface area contributed by atoms with Gasteiger partial charge in [-0.3, -0.25) is 4.79 Å². The summed E-state index contributed by atoms with van der Waals surface area (Å²) in [5, 5.41) is 0. The molecule has 1 aliphatic rings. The van der Waals surface area contributed by atoms with Gasteiger partial charge < -0.3 is 9.31 Å². The van der Waals surface area contributed by atoms with Crippen LogP contribution in [0.5, 0.6) is 0 Å². The molecule has 0 N–H and O–H groups in total. The highest BCUT2D eigenvalue weighted by Crippen LogP contribution is 2.38. The summed E-state index contributed by atoms with van der Waals surface area (Å²) in [6.07, 6.45) is 2.07. The molecular formula is C16H23BO3. The average Bonchev–Trinajstić information content (AvgIpc) is 2.58. The molecule has 0 saturated carbocycles. The van der Waals surface area contributed by atoms with E-state index in [9.17, 15) is 4.79 Å². The van der Waals surface area contributed by atoms with Crippen molar-refractivity contribution < 1.29 is 14.1 Å². The Labute approximate surface area is 121 Å². The quantitative estimate of drug-likeness (QED) is 0.606. The topological polar surface area (TPSA) is 35.5 Å². The normalized spacial score (nSPS) is 20.1. The van der Waals surface area contributed by atoms with Gasteiger partial charge in [0.15, 0.2) is 5.78 Å². The van der Waals surface area contributed by atoms with E-state index in [4.69, 9.17) is 9.31 Å². The molecule has 0 bridgehead atoms. The number of carbonyl (C=O) groups is 1. The third-order valence-corrected chi connectivity index (χ3v) is 4.24. The summed E-state index contributed by atoms with van der Waals surface area (Å²) in [4.78, 5) is 12.0. The van der Waals surface area contributed by atoms with Crippen LogP contribution in [0.2, 0.25) is 6.32 Å². The van der Waals surface area contributed by atoms with Crippen LogP contribution in [0.25, 0.3) is 0 Å². The van der Waals surface area contributed by atoms with E-state index in [2.05, 4.69) is 0 Å². The minimum Gasteiger partial charge on any atom is -0.403 e. The monoisotopic (exact) mass is 274 g/mol. The van der Waals surface area contributed by atoms with Crippen LogP contribution in [0.15, 0.2) is 30.3 Å². The lowest BCUT2D eigenvalue weighted by Gasteiger charge is -2.32. The summed E-state index contributed by atoms with van der Waals surface area (Å²) in [6.45, 7) is 8.18. The fraction of sp³-hybridized carbons (Fsp3) is 0.562. The van der Waals surface area contributed by atoms with Gasteiger partial charge >= 0.3 is 7.12 Å². The molecule has 0 spiro atoms. The minimum absolute atomic E-state index is 0.183. The number of Topliss-reactive ketones (excluding diaryl/α,β-unsaturated/α-hetero) is 1. The number of ketones is 1. The lowest BCUT2D eigenvalue weighted by atomic mass is 9.82. The lowest BCUT2D eigenvalue weighted by Crippen LogP contribution is -2.41. The molecule has 1 aromatic rings. The van der Waals surface area contributed by atoms with Crippen LogP contribution in [-0.4, -0.2) is 24.1 Å². The highest BCUT2D eigenvalue weighted by atomic mass is 16.7. The Kier molecular flexibility index (Phi) is 4.35. The third kappa shape index (κ3) is 3.30. The van der Waals surface area contributed by atoms with Gasteiger partial charge in [-0.1, -0.05) is 30.3 Å². The molecule has 2 rings (SSSR count). The Morgan fingerprint density at radius 3 is 2.15 bits per heavy atom. The van der Waals surface area contributed by atoms with Gasteiger partial charge in [-0.05, 0) is 40.4 Å². The molecule has 1 aliphatic heterocycles. The van der Waals surface area contributed by atoms with E-state index in [-0.39, 0.29) is 24.1 Å². The zero-order valence-electron chi connectivity index (χ0n) is 12.8. The van der Waals surface area contributed by atoms with Gasteiger partial charge in [0.05, 0.1) is 11.2 Å². The second-order valence-corrected chi connectivity index (χ2v) is 6.37. The first-order valence-corrected chi connectivity index (χ1v) is 7.26. The van der Waals surface area contributed by atoms with Crippen molar-refractivity contribution in [2.24, 2.45) is 0 Å². The Balaban J connectivity index is 1.79. The third-order valence-electron chi connectivity index (χ3n) is 4.24. The molecule has 0 unspecified atom stereocenters. The van der Waals surface area contributed by atoms with Crippen LogP contribution in [0.1, 0.15) is 50.9 Å². The van der Waals surface area contributed by atoms with Crippen molar-refractivity contribution >= 4 is 12.9 Å². The maximum Gasteiger partial charge on any atom is 0.457 e. The van der Waals surface area contributed by atoms with Crippen molar-refractivity contribution in [1.29, 1.82) is 0 Å². The molecule has 0 aromatic heterocycles. The molecule has 4 heteroatoms. The van der Waals surface area contributed by atoms with Gasteiger partial charge in [-0.15, -0.1) is 0 Å². The van der Waals surface area contributed by atoms with Gasteiger partial charge in [0, 0.05) is 12.0 Å². The Bertz CT molecular complexity index is 452. The molecule has 0 aliphatic carbocycles. The predicted octanol–water partition coefficient (Wildman–Crippen LogP) is 3.74. The number of carbonyl (C=O) groups excluding carboxylic acids is 1. The molecule has 20 heavy (non-hydrogen) atoms. The standard InChI is InChI=1S/C16H23BO3/c1-15(2)16(3,4)20-17(19-15)12-8-11-14(18)13-9-6-5-7-10-13/h5-7,9-10H,8,11-12H2,1-4H3. The van der Waals surface area contributed by atoms with Crippen molar-refractivity contribution in [3.8, 4) is 0 Å². The maximum absolute atomic E-state index is 12.0. The number of hydrogen-bond donors (Lipinski definition) is 0. The van der Waals surface area contributed by atoms with Crippen LogP contribution >= 0.6 is 0 Å². The fourth-order valence-corrected chi connectivity index (χ4v) is 2.28. The van der Waals surface area contributed by atoms with Crippen molar-refractivity contribution in [3.05, 3.63) is 35.9 Å². The zero-order valence-corrected chi connectivity index (χ0v) is 12.8. The van der Waals surface area contributed by atoms with E-state index in [1.54, 1.807) is 0 Å². The molecule has 0 radical (unpaired) electrons. The zero-order chi connectivity index (χ0) is 14.8. The van der Waals surface area contributed by atoms with E-state index in [0.717, 1.165) is 18.3 Å². The molecule has 1 fully saturated rings. The van der Waals surface area contributed by atoms with Gasteiger partial charge in [0.25, 0.3) is 0 Å². The van der Waals surface area contributed by atoms with E-state index in [0.29, 0.717) is 6.42 Å². The molecule has 108 valence electrons. The van der Waals surface area contributed by atoms with Crippen molar-refractivity contribution in [2.45, 2.75) is 58.1 Å². The van der Waals surface area contributed by atoms with E-state index in [1.165, 1.54) is 0 Å². The fourth-order valence-electron chi connectivity index (χ4n) is 2.28. The summed E-state index contributed by atoms with van der Waals surface area (Å²) >= 11 is 0. The molecule has 1 aromatic carbocycles. The molecule has 0 atom stereocenters. The molecule has 3 nitrogen and oxygen atoms in total. The first-order chi connectivity index (χ1) is 9.32. The SMILES string of the molecule is CC1(C)OB(CCCC(=O)c2ccccc2)OC1(C)C. The second-order valence-electron chi connectivity index (χ2n) is 6.37. The first kappa shape index (κ1) is 15.3. The summed E-state index contributed by atoms with van der Waals surface area (Å²) < 4.78 is 11.8. The highest BCUT2D eigenvalue weighted by Gasteiger charge is 2.50. The summed E-state index contributed by atoms with van der Waals surface area (Å²) in [5.74, 6) is 0.183. The van der Waals surface area contributed by atoms with Gasteiger partial charge in [0.1, 0.15) is 0 Å². The minimum atomic E-state index is -0.291. The molecule has 0 amide bonds. The highest BCUT2D eigenvalue weighted by molar-refractivity contribution is 6.45. The van der Waals surface area contributed by atoms with Crippen LogP contribution < -0.4 is 0 Å². The van der Waals surface area contributed by atoms with Crippen LogP contribution in [0.3, 0.4) is 0 Å². The summed E-state index contributed by atoms with van der Waals surface area (Å²) in [7, 11) is -0.205. The summed E-state index contributed by atoms with van der Waals surface area (Å²) in [5.41, 5.74) is 0.198. The lowest BCUT2D eigenvalue weighted by molar-refractivity contribution is 0.00578. The average molecular weight is 274 g/mol. The van der Waals surface area contributed by atoms with Gasteiger partial charge in [-0.25, -0.2) is 0 Å². The molecular weight excluding hydrogens is 251 g/mol. The predicted molar refractivity (Wildman–Crippen MR) is 80.9 cm³/mol. The largest absolute Gasteiger partial charge is 0.457 e. The Morgan fingerprint density at radius 1 is 1.05 bits per heavy atom. The van der Waals surface area contributed by atoms with Crippen LogP contribution in [0, 0.1) is 0 Å². The van der Waals surface area contributed by atoms with E-state index < -0.39 is 0 Å². The van der Waals surface area contributed by atoms with E-state index in [1.807, 2.05) is 58.0 Å². The van der Waals surface area contributed by atoms with Gasteiger partial charge in [0.2, 0.25) is 0 Å². The van der Waals surface area contributed by atoms with Crippen molar-refractivity contribution in [1.82, 2.24) is 0 Å². The number of hydrogen-bond acceptors (Lipinski definition) is 3. The second kappa shape index (κ2) is 5.70. The molecule has 1 saturated heterocycles. The number of rotatable bonds is 5. The maximum atomic E-state index is 12.0. The number of benzene rings is 1. The first-order valence-electron chi connectivity index (χ1n) is 7.26. The van der Waals surface area contributed by atoms with Crippen LogP contribution in [0.4, 0.5) is 0 Å². The smallest absolute Gasteiger partial charge is 0.403 e. The van der Waals surface area contributed by atoms with E-state index >= 15 is 0 Å². The van der Waals surface area contributed by atoms with Gasteiger partial charge in [-0.2, -0.15) is 0 Å². The Morgan fingerprint density at radius 2 is 1.60 bits per heavy atom. The summed E-state index contributed by atoms with van der Waals surface area (Å²) in [6, 6.07) is 9.42. The van der Waals surface area contributed by atoms with Crippen molar-refractivity contribution in [3.63, 3.8) is 0 Å². The Hall–Kier alpha value is -1.13. The van der Waals surface area contributed by atoms with Crippen molar-refractivity contribution in [2.75, 3.05) is 0 Å². The molecule has 1 heterocycles. The van der Waals surface area contributed by atoms with Crippen LogP contribution in [-0.2, 0) is 9.31 Å².